The van der Waals surface area contributed by atoms with Crippen LogP contribution in [0.3, 0.4) is 0 Å². The van der Waals surface area contributed by atoms with E-state index in [1.165, 1.54) is 39.3 Å². The van der Waals surface area contributed by atoms with Crippen LogP contribution in [-0.4, -0.2) is 50.2 Å². The summed E-state index contributed by atoms with van der Waals surface area (Å²) in [5.41, 5.74) is 0. The molecule has 0 bridgehead atoms. The first-order chi connectivity index (χ1) is 7.74. The Bertz CT molecular complexity index is 249. The summed E-state index contributed by atoms with van der Waals surface area (Å²) in [6.45, 7) is 1.96. The first-order valence-electron chi connectivity index (χ1n) is 6.23. The normalized spacial score (nSPS) is 22.2. The van der Waals surface area contributed by atoms with Gasteiger partial charge in [-0.05, 0) is 38.6 Å². The van der Waals surface area contributed by atoms with Gasteiger partial charge in [0.05, 0.1) is 7.11 Å². The topological polar surface area (TPSA) is 41.6 Å². The molecule has 2 rings (SSSR count). The quantitative estimate of drug-likeness (QED) is 0.646. The van der Waals surface area contributed by atoms with Gasteiger partial charge in [-0.2, -0.15) is 0 Å². The molecule has 0 aromatic carbocycles. The molecule has 2 aliphatic carbocycles. The Morgan fingerprint density at radius 2 is 2.12 bits per heavy atom. The van der Waals surface area contributed by atoms with Crippen molar-refractivity contribution >= 4 is 5.97 Å². The molecule has 0 amide bonds. The van der Waals surface area contributed by atoms with Crippen LogP contribution in [0, 0.1) is 5.92 Å². The van der Waals surface area contributed by atoms with Gasteiger partial charge < -0.3 is 10.1 Å². The maximum atomic E-state index is 11.5. The predicted molar refractivity (Wildman–Crippen MR) is 62.2 cm³/mol. The fraction of sp³-hybridized carbons (Fsp3) is 0.917. The fourth-order valence-electron chi connectivity index (χ4n) is 2.10. The van der Waals surface area contributed by atoms with Crippen molar-refractivity contribution in [2.24, 2.45) is 5.92 Å². The number of hydrogen-bond acceptors (Lipinski definition) is 4. The van der Waals surface area contributed by atoms with Crippen molar-refractivity contribution in [3.63, 3.8) is 0 Å². The van der Waals surface area contributed by atoms with Gasteiger partial charge in [0.25, 0.3) is 0 Å². The van der Waals surface area contributed by atoms with Gasteiger partial charge in [0.15, 0.2) is 0 Å². The highest BCUT2D eigenvalue weighted by molar-refractivity contribution is 5.75. The van der Waals surface area contributed by atoms with E-state index in [0.717, 1.165) is 18.5 Å². The third-order valence-electron chi connectivity index (χ3n) is 3.50. The molecule has 1 atom stereocenters. The maximum absolute atomic E-state index is 11.5. The van der Waals surface area contributed by atoms with Crippen molar-refractivity contribution in [3.8, 4) is 0 Å². The van der Waals surface area contributed by atoms with Gasteiger partial charge in [-0.1, -0.05) is 0 Å². The van der Waals surface area contributed by atoms with Crippen LogP contribution < -0.4 is 5.32 Å². The highest BCUT2D eigenvalue weighted by atomic mass is 16.5. The van der Waals surface area contributed by atoms with Crippen molar-refractivity contribution in [1.82, 2.24) is 10.2 Å². The van der Waals surface area contributed by atoms with Gasteiger partial charge in [-0.15, -0.1) is 0 Å². The number of carbonyl (C=O) groups excluding carboxylic acids is 1. The third-order valence-corrected chi connectivity index (χ3v) is 3.50. The molecular weight excluding hydrogens is 204 g/mol. The summed E-state index contributed by atoms with van der Waals surface area (Å²) in [6.07, 6.45) is 5.33. The SMILES string of the molecule is CNC(CN(CC1CC1)C1CC1)C(=O)OC. The monoisotopic (exact) mass is 226 g/mol. The van der Waals surface area contributed by atoms with Gasteiger partial charge >= 0.3 is 5.97 Å². The number of nitrogens with zero attached hydrogens (tertiary/aromatic N) is 1. The number of likely N-dealkylation sites (N-methyl/N-ethyl adjacent to an activating group) is 1. The van der Waals surface area contributed by atoms with Crippen molar-refractivity contribution < 1.29 is 9.53 Å². The van der Waals surface area contributed by atoms with Crippen LogP contribution in [0.25, 0.3) is 0 Å². The zero-order chi connectivity index (χ0) is 11.5. The molecule has 4 heteroatoms. The number of hydrogen-bond donors (Lipinski definition) is 1. The molecule has 2 aliphatic rings. The molecule has 0 heterocycles. The van der Waals surface area contributed by atoms with Crippen LogP contribution in [0.2, 0.25) is 0 Å². The van der Waals surface area contributed by atoms with E-state index < -0.39 is 0 Å². The lowest BCUT2D eigenvalue weighted by Crippen LogP contribution is -2.46. The summed E-state index contributed by atoms with van der Waals surface area (Å²) in [6, 6.07) is 0.547. The van der Waals surface area contributed by atoms with Crippen molar-refractivity contribution in [2.75, 3.05) is 27.2 Å². The summed E-state index contributed by atoms with van der Waals surface area (Å²) in [7, 11) is 3.28. The molecule has 92 valence electrons. The molecule has 0 aromatic heterocycles. The number of ether oxygens (including phenoxy) is 1. The van der Waals surface area contributed by atoms with E-state index in [0.29, 0.717) is 0 Å². The molecule has 0 radical (unpaired) electrons. The van der Waals surface area contributed by atoms with E-state index >= 15 is 0 Å². The van der Waals surface area contributed by atoms with Gasteiger partial charge in [-0.25, -0.2) is 0 Å². The minimum atomic E-state index is -0.177. The minimum absolute atomic E-state index is 0.149. The first-order valence-corrected chi connectivity index (χ1v) is 6.23. The van der Waals surface area contributed by atoms with Gasteiger partial charge in [0.2, 0.25) is 0 Å². The Hall–Kier alpha value is -0.610. The lowest BCUT2D eigenvalue weighted by atomic mass is 10.2. The van der Waals surface area contributed by atoms with Crippen molar-refractivity contribution in [3.05, 3.63) is 0 Å². The first kappa shape index (κ1) is 11.9. The Balaban J connectivity index is 1.84. The second-order valence-electron chi connectivity index (χ2n) is 4.99. The summed E-state index contributed by atoms with van der Waals surface area (Å²) < 4.78 is 4.80. The predicted octanol–water partition coefficient (Wildman–Crippen LogP) is 0.622. The molecule has 1 unspecified atom stereocenters. The van der Waals surface area contributed by atoms with Crippen molar-refractivity contribution in [2.45, 2.75) is 37.8 Å². The molecule has 2 fully saturated rings. The summed E-state index contributed by atoms with van der Waals surface area (Å²) in [5, 5.41) is 3.04. The molecule has 2 saturated carbocycles. The van der Waals surface area contributed by atoms with E-state index in [9.17, 15) is 4.79 Å². The molecule has 0 saturated heterocycles. The highest BCUT2D eigenvalue weighted by Crippen LogP contribution is 2.34. The molecule has 0 spiro atoms. The largest absolute Gasteiger partial charge is 0.468 e. The smallest absolute Gasteiger partial charge is 0.324 e. The standard InChI is InChI=1S/C12H22N2O2/c1-13-11(12(15)16-2)8-14(10-5-6-10)7-9-3-4-9/h9-11,13H,3-8H2,1-2H3. The number of rotatable bonds is 7. The van der Waals surface area contributed by atoms with Gasteiger partial charge in [0, 0.05) is 19.1 Å². The van der Waals surface area contributed by atoms with E-state index in [2.05, 4.69) is 10.2 Å². The lowest BCUT2D eigenvalue weighted by molar-refractivity contribution is -0.143. The van der Waals surface area contributed by atoms with Crippen LogP contribution in [0.1, 0.15) is 25.7 Å². The van der Waals surface area contributed by atoms with Crippen molar-refractivity contribution in [1.29, 1.82) is 0 Å². The fourth-order valence-corrected chi connectivity index (χ4v) is 2.10. The molecule has 1 N–H and O–H groups in total. The second kappa shape index (κ2) is 5.15. The molecule has 16 heavy (non-hydrogen) atoms. The molecule has 4 nitrogen and oxygen atoms in total. The Kier molecular flexibility index (Phi) is 3.82. The average molecular weight is 226 g/mol. The summed E-state index contributed by atoms with van der Waals surface area (Å²) >= 11 is 0. The summed E-state index contributed by atoms with van der Waals surface area (Å²) in [5.74, 6) is 0.736. The van der Waals surface area contributed by atoms with Crippen LogP contribution in [0.5, 0.6) is 0 Å². The highest BCUT2D eigenvalue weighted by Gasteiger charge is 2.35. The zero-order valence-electron chi connectivity index (χ0n) is 10.2. The Morgan fingerprint density at radius 3 is 2.56 bits per heavy atom. The number of esters is 1. The Morgan fingerprint density at radius 1 is 1.44 bits per heavy atom. The minimum Gasteiger partial charge on any atom is -0.468 e. The van der Waals surface area contributed by atoms with Crippen LogP contribution >= 0.6 is 0 Å². The van der Waals surface area contributed by atoms with E-state index in [1.807, 2.05) is 7.05 Å². The van der Waals surface area contributed by atoms with Gasteiger partial charge in [-0.3, -0.25) is 9.69 Å². The summed E-state index contributed by atoms with van der Waals surface area (Å²) in [4.78, 5) is 14.0. The molecule has 0 aromatic rings. The molecular formula is C12H22N2O2. The van der Waals surface area contributed by atoms with E-state index in [4.69, 9.17) is 4.74 Å². The zero-order valence-corrected chi connectivity index (χ0v) is 10.2. The number of methoxy groups -OCH3 is 1. The molecule has 0 aliphatic heterocycles. The van der Waals surface area contributed by atoms with Crippen LogP contribution in [0.15, 0.2) is 0 Å². The number of nitrogens with one attached hydrogen (secondary N) is 1. The Labute approximate surface area is 97.3 Å². The van der Waals surface area contributed by atoms with E-state index in [-0.39, 0.29) is 12.0 Å². The van der Waals surface area contributed by atoms with Crippen LogP contribution in [0.4, 0.5) is 0 Å². The lowest BCUT2D eigenvalue weighted by Gasteiger charge is -2.25. The van der Waals surface area contributed by atoms with E-state index in [1.54, 1.807) is 0 Å². The average Bonchev–Trinajstić information content (AvgIpc) is 3.15. The van der Waals surface area contributed by atoms with Gasteiger partial charge in [0.1, 0.15) is 6.04 Å². The van der Waals surface area contributed by atoms with Crippen LogP contribution in [-0.2, 0) is 9.53 Å². The maximum Gasteiger partial charge on any atom is 0.324 e. The number of carbonyl (C=O) groups is 1. The third kappa shape index (κ3) is 3.19. The second-order valence-corrected chi connectivity index (χ2v) is 4.99.